The number of carbonyl (C=O) groups excluding carboxylic acids is 3. The van der Waals surface area contributed by atoms with Gasteiger partial charge in [-0.15, -0.1) is 6.58 Å². The quantitative estimate of drug-likeness (QED) is 0.425. The van der Waals surface area contributed by atoms with Crippen LogP contribution < -0.4 is 0 Å². The van der Waals surface area contributed by atoms with Gasteiger partial charge in [-0.25, -0.2) is 0 Å². The van der Waals surface area contributed by atoms with E-state index in [9.17, 15) is 24.6 Å². The minimum absolute atomic E-state index is 0.0461. The van der Waals surface area contributed by atoms with Crippen LogP contribution in [-0.4, -0.2) is 34.4 Å². The summed E-state index contributed by atoms with van der Waals surface area (Å²) in [6, 6.07) is 7.25. The first-order valence-corrected chi connectivity index (χ1v) is 7.98. The SMILES string of the molecule is C=CC(C(=O)OCC)c1cc(O)c2c(c1O)C(=O)c1ccccc1C2=O. The second-order valence-electron chi connectivity index (χ2n) is 5.75. The van der Waals surface area contributed by atoms with E-state index in [1.165, 1.54) is 18.2 Å². The van der Waals surface area contributed by atoms with Crippen molar-refractivity contribution in [1.82, 2.24) is 0 Å². The van der Waals surface area contributed by atoms with Gasteiger partial charge in [-0.2, -0.15) is 0 Å². The lowest BCUT2D eigenvalue weighted by molar-refractivity contribution is -0.143. The number of phenols is 2. The van der Waals surface area contributed by atoms with Gasteiger partial charge in [-0.05, 0) is 13.0 Å². The highest BCUT2D eigenvalue weighted by Gasteiger charge is 2.37. The van der Waals surface area contributed by atoms with Gasteiger partial charge in [0, 0.05) is 16.7 Å². The normalized spacial score (nSPS) is 13.6. The Kier molecular flexibility index (Phi) is 4.34. The number of rotatable bonds is 4. The molecule has 0 saturated carbocycles. The summed E-state index contributed by atoms with van der Waals surface area (Å²) < 4.78 is 4.94. The Morgan fingerprint density at radius 2 is 1.73 bits per heavy atom. The van der Waals surface area contributed by atoms with E-state index >= 15 is 0 Å². The smallest absolute Gasteiger partial charge is 0.317 e. The van der Waals surface area contributed by atoms with Crippen LogP contribution in [0.4, 0.5) is 0 Å². The standard InChI is InChI=1S/C20H16O6/c1-3-10(20(25)26-4-2)13-9-14(21)15-16(19(13)24)18(23)12-8-6-5-7-11(12)17(15)22/h3,5-10,21,24H,1,4H2,2H3. The minimum Gasteiger partial charge on any atom is -0.507 e. The number of phenolic OH excluding ortho intramolecular Hbond substituents is 2. The summed E-state index contributed by atoms with van der Waals surface area (Å²) in [6.07, 6.45) is 1.24. The van der Waals surface area contributed by atoms with Crippen molar-refractivity contribution >= 4 is 17.5 Å². The second-order valence-corrected chi connectivity index (χ2v) is 5.75. The van der Waals surface area contributed by atoms with Gasteiger partial charge in [0.05, 0.1) is 17.7 Å². The van der Waals surface area contributed by atoms with E-state index in [-0.39, 0.29) is 34.4 Å². The van der Waals surface area contributed by atoms with Crippen LogP contribution in [0.5, 0.6) is 11.5 Å². The van der Waals surface area contributed by atoms with Crippen LogP contribution in [0.2, 0.25) is 0 Å². The van der Waals surface area contributed by atoms with Gasteiger partial charge in [0.25, 0.3) is 0 Å². The predicted octanol–water partition coefficient (Wildman–Crippen LogP) is 2.71. The van der Waals surface area contributed by atoms with Crippen LogP contribution in [0.15, 0.2) is 43.0 Å². The van der Waals surface area contributed by atoms with Gasteiger partial charge in [0.15, 0.2) is 11.6 Å². The number of ketones is 2. The molecule has 132 valence electrons. The van der Waals surface area contributed by atoms with Crippen LogP contribution >= 0.6 is 0 Å². The van der Waals surface area contributed by atoms with Gasteiger partial charge in [-0.1, -0.05) is 30.3 Å². The van der Waals surface area contributed by atoms with Crippen LogP contribution in [0.3, 0.4) is 0 Å². The van der Waals surface area contributed by atoms with E-state index in [1.54, 1.807) is 19.1 Å². The van der Waals surface area contributed by atoms with E-state index in [0.717, 1.165) is 6.07 Å². The van der Waals surface area contributed by atoms with Crippen molar-refractivity contribution in [2.45, 2.75) is 12.8 Å². The zero-order valence-corrected chi connectivity index (χ0v) is 14.0. The van der Waals surface area contributed by atoms with E-state index in [4.69, 9.17) is 4.74 Å². The number of benzene rings is 2. The molecule has 2 aromatic rings. The lowest BCUT2D eigenvalue weighted by Crippen LogP contribution is -2.23. The zero-order valence-electron chi connectivity index (χ0n) is 14.0. The van der Waals surface area contributed by atoms with Crippen molar-refractivity contribution in [3.05, 3.63) is 70.8 Å². The Labute approximate surface area is 149 Å². The molecule has 1 unspecified atom stereocenters. The molecule has 0 spiro atoms. The number of hydrogen-bond acceptors (Lipinski definition) is 6. The number of aromatic hydroxyl groups is 2. The fourth-order valence-electron chi connectivity index (χ4n) is 3.10. The average Bonchev–Trinajstić information content (AvgIpc) is 2.63. The predicted molar refractivity (Wildman–Crippen MR) is 92.6 cm³/mol. The van der Waals surface area contributed by atoms with E-state index in [2.05, 4.69) is 6.58 Å². The third-order valence-corrected chi connectivity index (χ3v) is 4.29. The maximum absolute atomic E-state index is 12.8. The average molecular weight is 352 g/mol. The fraction of sp³-hybridized carbons (Fsp3) is 0.150. The van der Waals surface area contributed by atoms with E-state index in [0.29, 0.717) is 0 Å². The first-order chi connectivity index (χ1) is 12.4. The number of esters is 1. The molecule has 0 aliphatic heterocycles. The molecule has 0 saturated heterocycles. The molecule has 1 aliphatic carbocycles. The number of fused-ring (bicyclic) bond motifs is 2. The van der Waals surface area contributed by atoms with Gasteiger partial charge in [0.1, 0.15) is 17.4 Å². The summed E-state index contributed by atoms with van der Waals surface area (Å²) in [5, 5.41) is 21.0. The zero-order chi connectivity index (χ0) is 19.0. The number of carbonyl (C=O) groups is 3. The second kappa shape index (κ2) is 6.48. The van der Waals surface area contributed by atoms with Crippen molar-refractivity contribution in [3.8, 4) is 11.5 Å². The molecule has 2 N–H and O–H groups in total. The third kappa shape index (κ3) is 2.47. The first kappa shape index (κ1) is 17.4. The molecule has 0 fully saturated rings. The Balaban J connectivity index is 2.25. The first-order valence-electron chi connectivity index (χ1n) is 7.98. The third-order valence-electron chi connectivity index (χ3n) is 4.29. The highest BCUT2D eigenvalue weighted by atomic mass is 16.5. The van der Waals surface area contributed by atoms with Crippen LogP contribution in [-0.2, 0) is 9.53 Å². The van der Waals surface area contributed by atoms with E-state index in [1.807, 2.05) is 0 Å². The summed E-state index contributed by atoms with van der Waals surface area (Å²) in [4.78, 5) is 37.6. The topological polar surface area (TPSA) is 101 Å². The molecular weight excluding hydrogens is 336 g/mol. The molecule has 3 rings (SSSR count). The molecule has 6 heteroatoms. The van der Waals surface area contributed by atoms with Crippen molar-refractivity contribution in [2.75, 3.05) is 6.61 Å². The summed E-state index contributed by atoms with van der Waals surface area (Å²) >= 11 is 0. The molecule has 1 atom stereocenters. The lowest BCUT2D eigenvalue weighted by atomic mass is 9.80. The molecule has 0 radical (unpaired) electrons. The highest BCUT2D eigenvalue weighted by molar-refractivity contribution is 6.30. The van der Waals surface area contributed by atoms with Crippen LogP contribution in [0, 0.1) is 0 Å². The Hall–Kier alpha value is -3.41. The molecule has 2 aromatic carbocycles. The van der Waals surface area contributed by atoms with Crippen LogP contribution in [0.1, 0.15) is 50.2 Å². The summed E-state index contributed by atoms with van der Waals surface area (Å²) in [5.41, 5.74) is -0.363. The molecule has 1 aliphatic rings. The molecule has 26 heavy (non-hydrogen) atoms. The van der Waals surface area contributed by atoms with Crippen molar-refractivity contribution in [3.63, 3.8) is 0 Å². The van der Waals surface area contributed by atoms with Gasteiger partial charge < -0.3 is 14.9 Å². The Morgan fingerprint density at radius 1 is 1.15 bits per heavy atom. The summed E-state index contributed by atoms with van der Waals surface area (Å²) in [7, 11) is 0. The number of hydrogen-bond donors (Lipinski definition) is 2. The maximum atomic E-state index is 12.8. The van der Waals surface area contributed by atoms with Gasteiger partial charge in [0.2, 0.25) is 0 Å². The molecule has 0 aromatic heterocycles. The van der Waals surface area contributed by atoms with Crippen molar-refractivity contribution in [1.29, 1.82) is 0 Å². The van der Waals surface area contributed by atoms with E-state index < -0.39 is 35.0 Å². The molecule has 0 heterocycles. The van der Waals surface area contributed by atoms with Crippen LogP contribution in [0.25, 0.3) is 0 Å². The van der Waals surface area contributed by atoms with Gasteiger partial charge in [-0.3, -0.25) is 14.4 Å². The summed E-state index contributed by atoms with van der Waals surface area (Å²) in [5.74, 6) is -3.98. The summed E-state index contributed by atoms with van der Waals surface area (Å²) in [6.45, 7) is 5.29. The fourth-order valence-corrected chi connectivity index (χ4v) is 3.10. The molecular formula is C20H16O6. The number of ether oxygens (including phenoxy) is 1. The largest absolute Gasteiger partial charge is 0.507 e. The maximum Gasteiger partial charge on any atom is 0.317 e. The lowest BCUT2D eigenvalue weighted by Gasteiger charge is -2.22. The van der Waals surface area contributed by atoms with Gasteiger partial charge >= 0.3 is 5.97 Å². The Morgan fingerprint density at radius 3 is 2.27 bits per heavy atom. The Bertz CT molecular complexity index is 957. The van der Waals surface area contributed by atoms with Crippen molar-refractivity contribution in [2.24, 2.45) is 0 Å². The molecule has 6 nitrogen and oxygen atoms in total. The molecule has 0 bridgehead atoms. The monoisotopic (exact) mass is 352 g/mol. The minimum atomic E-state index is -1.09. The molecule has 0 amide bonds. The highest BCUT2D eigenvalue weighted by Crippen LogP contribution is 2.42. The van der Waals surface area contributed by atoms with Crippen molar-refractivity contribution < 1.29 is 29.3 Å².